The number of halogens is 2. The lowest BCUT2D eigenvalue weighted by Gasteiger charge is -2.13. The van der Waals surface area contributed by atoms with E-state index in [1.165, 1.54) is 12.1 Å². The third kappa shape index (κ3) is 3.92. The van der Waals surface area contributed by atoms with Gasteiger partial charge in [-0.2, -0.15) is 0 Å². The topological polar surface area (TPSA) is 44.5 Å². The Morgan fingerprint density at radius 1 is 1.31 bits per heavy atom. The smallest absolute Gasteiger partial charge is 0.272 e. The van der Waals surface area contributed by atoms with Gasteiger partial charge in [0.2, 0.25) is 0 Å². The molecule has 0 spiro atoms. The van der Waals surface area contributed by atoms with Crippen LogP contribution in [-0.2, 0) is 0 Å². The van der Waals surface area contributed by atoms with E-state index in [1.54, 1.807) is 6.07 Å². The lowest BCUT2D eigenvalue weighted by Crippen LogP contribution is -2.09. The zero-order chi connectivity index (χ0) is 12.1. The normalized spacial score (nSPS) is 10.9. The van der Waals surface area contributed by atoms with Crippen molar-refractivity contribution in [1.82, 2.24) is 0 Å². The highest BCUT2D eigenvalue weighted by Crippen LogP contribution is 2.27. The first kappa shape index (κ1) is 12.5. The average Bonchev–Trinajstić information content (AvgIpc) is 2.18. The Kier molecular flexibility index (Phi) is 4.34. The molecule has 0 amide bonds. The van der Waals surface area contributed by atoms with Crippen LogP contribution in [0.2, 0.25) is 0 Å². The number of nitrogens with two attached hydrogens (primary N) is 1. The first-order chi connectivity index (χ1) is 7.49. The predicted octanol–water partition coefficient (Wildman–Crippen LogP) is 2.70. The van der Waals surface area contributed by atoms with E-state index in [1.807, 2.05) is 13.8 Å². The minimum atomic E-state index is -2.49. The van der Waals surface area contributed by atoms with E-state index < -0.39 is 13.0 Å². The van der Waals surface area contributed by atoms with Gasteiger partial charge >= 0.3 is 0 Å². The Hall–Kier alpha value is -1.52. The minimum absolute atomic E-state index is 0.0346. The standard InChI is InChI=1S/C11H15F2NO2/c1-7(2)16-10-5-8(3-4-9(10)14)15-6-11(12)13/h3-5,7,11H,6,14H2,1-2H3. The maximum atomic E-state index is 11.9. The largest absolute Gasteiger partial charge is 0.489 e. The summed E-state index contributed by atoms with van der Waals surface area (Å²) in [7, 11) is 0. The summed E-state index contributed by atoms with van der Waals surface area (Å²) in [5.74, 6) is 0.770. The molecule has 0 heterocycles. The molecular formula is C11H15F2NO2. The Bertz CT molecular complexity index is 343. The molecule has 0 aromatic heterocycles. The van der Waals surface area contributed by atoms with Crippen molar-refractivity contribution in [3.8, 4) is 11.5 Å². The molecule has 0 atom stereocenters. The van der Waals surface area contributed by atoms with Crippen LogP contribution in [0.3, 0.4) is 0 Å². The third-order valence-electron chi connectivity index (χ3n) is 1.72. The van der Waals surface area contributed by atoms with E-state index in [2.05, 4.69) is 0 Å². The van der Waals surface area contributed by atoms with Crippen LogP contribution in [0.25, 0.3) is 0 Å². The third-order valence-corrected chi connectivity index (χ3v) is 1.72. The van der Waals surface area contributed by atoms with Crippen LogP contribution in [0.5, 0.6) is 11.5 Å². The van der Waals surface area contributed by atoms with E-state index in [0.29, 0.717) is 17.2 Å². The lowest BCUT2D eigenvalue weighted by molar-refractivity contribution is 0.0817. The molecule has 0 aliphatic rings. The van der Waals surface area contributed by atoms with E-state index in [-0.39, 0.29) is 6.10 Å². The van der Waals surface area contributed by atoms with Crippen LogP contribution in [0, 0.1) is 0 Å². The number of ether oxygens (including phenoxy) is 2. The van der Waals surface area contributed by atoms with E-state index in [0.717, 1.165) is 0 Å². The number of anilines is 1. The molecule has 16 heavy (non-hydrogen) atoms. The number of nitrogen functional groups attached to an aromatic ring is 1. The highest BCUT2D eigenvalue weighted by molar-refractivity contribution is 5.55. The molecule has 0 radical (unpaired) electrons. The Balaban J connectivity index is 2.73. The summed E-state index contributed by atoms with van der Waals surface area (Å²) in [4.78, 5) is 0. The van der Waals surface area contributed by atoms with Crippen LogP contribution >= 0.6 is 0 Å². The SMILES string of the molecule is CC(C)Oc1cc(OCC(F)F)ccc1N. The summed E-state index contributed by atoms with van der Waals surface area (Å²) in [6, 6.07) is 4.61. The van der Waals surface area contributed by atoms with Crippen molar-refractivity contribution < 1.29 is 18.3 Å². The molecule has 0 unspecified atom stereocenters. The molecule has 1 aromatic carbocycles. The van der Waals surface area contributed by atoms with Crippen molar-refractivity contribution >= 4 is 5.69 Å². The summed E-state index contributed by atoms with van der Waals surface area (Å²) in [6.45, 7) is 3.07. The van der Waals surface area contributed by atoms with Crippen LogP contribution in [-0.4, -0.2) is 19.1 Å². The van der Waals surface area contributed by atoms with Crippen molar-refractivity contribution in [2.75, 3.05) is 12.3 Å². The van der Waals surface area contributed by atoms with E-state index in [4.69, 9.17) is 15.2 Å². The van der Waals surface area contributed by atoms with Gasteiger partial charge in [-0.3, -0.25) is 0 Å². The highest BCUT2D eigenvalue weighted by atomic mass is 19.3. The molecule has 2 N–H and O–H groups in total. The number of hydrogen-bond donors (Lipinski definition) is 1. The predicted molar refractivity (Wildman–Crippen MR) is 58.1 cm³/mol. The van der Waals surface area contributed by atoms with Gasteiger partial charge in [0, 0.05) is 6.07 Å². The molecule has 1 aromatic rings. The second-order valence-electron chi connectivity index (χ2n) is 3.57. The van der Waals surface area contributed by atoms with Gasteiger partial charge in [0.1, 0.15) is 18.1 Å². The van der Waals surface area contributed by atoms with Gasteiger partial charge in [0.25, 0.3) is 6.43 Å². The van der Waals surface area contributed by atoms with Crippen LogP contribution in [0.15, 0.2) is 18.2 Å². The van der Waals surface area contributed by atoms with E-state index in [9.17, 15) is 8.78 Å². The van der Waals surface area contributed by atoms with Crippen molar-refractivity contribution in [3.05, 3.63) is 18.2 Å². The number of alkyl halides is 2. The molecule has 0 saturated carbocycles. The van der Waals surface area contributed by atoms with Crippen molar-refractivity contribution in [3.63, 3.8) is 0 Å². The molecule has 0 saturated heterocycles. The Labute approximate surface area is 93.2 Å². The highest BCUT2D eigenvalue weighted by Gasteiger charge is 2.07. The Morgan fingerprint density at radius 2 is 2.00 bits per heavy atom. The van der Waals surface area contributed by atoms with Gasteiger partial charge in [-0.05, 0) is 26.0 Å². The molecule has 3 nitrogen and oxygen atoms in total. The van der Waals surface area contributed by atoms with E-state index >= 15 is 0 Å². The molecule has 1 rings (SSSR count). The maximum absolute atomic E-state index is 11.9. The molecule has 0 fully saturated rings. The van der Waals surface area contributed by atoms with Crippen molar-refractivity contribution in [2.45, 2.75) is 26.4 Å². The van der Waals surface area contributed by atoms with Gasteiger partial charge in [0.15, 0.2) is 0 Å². The minimum Gasteiger partial charge on any atom is -0.489 e. The fourth-order valence-corrected chi connectivity index (χ4v) is 1.12. The summed E-state index contributed by atoms with van der Waals surface area (Å²) >= 11 is 0. The van der Waals surface area contributed by atoms with Gasteiger partial charge in [-0.25, -0.2) is 8.78 Å². The fraction of sp³-hybridized carbons (Fsp3) is 0.455. The van der Waals surface area contributed by atoms with Gasteiger partial charge < -0.3 is 15.2 Å². The number of hydrogen-bond acceptors (Lipinski definition) is 3. The monoisotopic (exact) mass is 231 g/mol. The number of rotatable bonds is 5. The maximum Gasteiger partial charge on any atom is 0.272 e. The summed E-state index contributed by atoms with van der Waals surface area (Å²) in [5, 5.41) is 0. The second kappa shape index (κ2) is 5.53. The van der Waals surface area contributed by atoms with Gasteiger partial charge in [-0.15, -0.1) is 0 Å². The lowest BCUT2D eigenvalue weighted by atomic mass is 10.3. The average molecular weight is 231 g/mol. The molecule has 0 bridgehead atoms. The zero-order valence-corrected chi connectivity index (χ0v) is 9.24. The van der Waals surface area contributed by atoms with Crippen molar-refractivity contribution in [1.29, 1.82) is 0 Å². The molecule has 0 aliphatic carbocycles. The van der Waals surface area contributed by atoms with Gasteiger partial charge in [0.05, 0.1) is 11.8 Å². The summed E-state index contributed by atoms with van der Waals surface area (Å²) in [6.07, 6.45) is -2.53. The first-order valence-corrected chi connectivity index (χ1v) is 4.96. The van der Waals surface area contributed by atoms with Crippen molar-refractivity contribution in [2.24, 2.45) is 0 Å². The fourth-order valence-electron chi connectivity index (χ4n) is 1.12. The van der Waals surface area contributed by atoms with Crippen LogP contribution in [0.1, 0.15) is 13.8 Å². The first-order valence-electron chi connectivity index (χ1n) is 4.96. The number of benzene rings is 1. The molecular weight excluding hydrogens is 216 g/mol. The molecule has 5 heteroatoms. The summed E-state index contributed by atoms with van der Waals surface area (Å²) < 4.78 is 34.1. The Morgan fingerprint density at radius 3 is 2.56 bits per heavy atom. The summed E-state index contributed by atoms with van der Waals surface area (Å²) in [5.41, 5.74) is 6.12. The molecule has 90 valence electrons. The molecule has 0 aliphatic heterocycles. The van der Waals surface area contributed by atoms with Crippen LogP contribution < -0.4 is 15.2 Å². The quantitative estimate of drug-likeness (QED) is 0.792. The second-order valence-corrected chi connectivity index (χ2v) is 3.57. The zero-order valence-electron chi connectivity index (χ0n) is 9.24. The van der Waals surface area contributed by atoms with Crippen LogP contribution in [0.4, 0.5) is 14.5 Å². The van der Waals surface area contributed by atoms with Gasteiger partial charge in [-0.1, -0.05) is 0 Å².